The van der Waals surface area contributed by atoms with Crippen LogP contribution in [0.5, 0.6) is 0 Å². The lowest BCUT2D eigenvalue weighted by molar-refractivity contribution is -0.135. The van der Waals surface area contributed by atoms with Gasteiger partial charge in [0.25, 0.3) is 0 Å². The van der Waals surface area contributed by atoms with Crippen molar-refractivity contribution < 1.29 is 21.3 Å². The molecule has 1 rings (SSSR count). The van der Waals surface area contributed by atoms with Crippen molar-refractivity contribution in [1.82, 2.24) is 0 Å². The summed E-state index contributed by atoms with van der Waals surface area (Å²) in [6.07, 6.45) is 0.0786. The number of rotatable bonds is 4. The van der Waals surface area contributed by atoms with Gasteiger partial charge in [-0.2, -0.15) is 8.42 Å². The minimum Gasteiger partial charge on any atom is -0.320 e. The summed E-state index contributed by atoms with van der Waals surface area (Å²) in [6, 6.07) is 7.44. The molecule has 0 saturated carbocycles. The third-order valence-corrected chi connectivity index (χ3v) is 2.15. The lowest BCUT2D eigenvalue weighted by Gasteiger charge is -2.08. The van der Waals surface area contributed by atoms with Gasteiger partial charge < -0.3 is 9.92 Å². The fraction of sp³-hybridized carbons (Fsp3) is 0.222. The van der Waals surface area contributed by atoms with Gasteiger partial charge in [0.15, 0.2) is 0 Å². The molecule has 0 aliphatic heterocycles. The maximum Gasteiger partial charge on any atom is 0.491 e. The van der Waals surface area contributed by atoms with Gasteiger partial charge in [-0.05, 0) is 12.0 Å². The molecule has 0 spiro atoms. The van der Waals surface area contributed by atoms with Gasteiger partial charge in [-0.1, -0.05) is 34.2 Å². The molecule has 0 saturated heterocycles. The molecule has 88 valence electrons. The SMILES string of the molecule is N[C@@H](Cc1ccccc1)C(=O)OS(=O)(=O)F. The Morgan fingerprint density at radius 2 is 1.94 bits per heavy atom. The van der Waals surface area contributed by atoms with E-state index in [0.717, 1.165) is 5.56 Å². The number of carbonyl (C=O) groups excluding carboxylic acids is 1. The van der Waals surface area contributed by atoms with Crippen molar-refractivity contribution in [2.75, 3.05) is 0 Å². The number of nitrogens with two attached hydrogens (primary N) is 1. The van der Waals surface area contributed by atoms with Crippen LogP contribution in [0, 0.1) is 0 Å². The zero-order valence-electron chi connectivity index (χ0n) is 8.17. The monoisotopic (exact) mass is 247 g/mol. The predicted octanol–water partition coefficient (Wildman–Crippen LogP) is 0.314. The zero-order valence-corrected chi connectivity index (χ0v) is 8.98. The molecule has 0 aliphatic rings. The average Bonchev–Trinajstić information content (AvgIpc) is 2.16. The molecule has 16 heavy (non-hydrogen) atoms. The van der Waals surface area contributed by atoms with E-state index >= 15 is 0 Å². The van der Waals surface area contributed by atoms with Crippen molar-refractivity contribution >= 4 is 16.5 Å². The minimum absolute atomic E-state index is 0.0786. The van der Waals surface area contributed by atoms with Crippen LogP contribution in [-0.2, 0) is 25.9 Å². The summed E-state index contributed by atoms with van der Waals surface area (Å²) >= 11 is 0. The summed E-state index contributed by atoms with van der Waals surface area (Å²) in [5.74, 6) is -1.31. The van der Waals surface area contributed by atoms with Crippen molar-refractivity contribution in [2.45, 2.75) is 12.5 Å². The summed E-state index contributed by atoms with van der Waals surface area (Å²) in [6.45, 7) is 0. The molecule has 0 unspecified atom stereocenters. The molecule has 0 aliphatic carbocycles. The van der Waals surface area contributed by atoms with Crippen molar-refractivity contribution in [1.29, 1.82) is 0 Å². The van der Waals surface area contributed by atoms with Crippen molar-refractivity contribution in [3.63, 3.8) is 0 Å². The largest absolute Gasteiger partial charge is 0.491 e. The van der Waals surface area contributed by atoms with Gasteiger partial charge in [0.1, 0.15) is 6.04 Å². The summed E-state index contributed by atoms with van der Waals surface area (Å²) < 4.78 is 35.6. The number of hydrogen-bond acceptors (Lipinski definition) is 5. The number of benzene rings is 1. The summed E-state index contributed by atoms with van der Waals surface area (Å²) in [7, 11) is -5.29. The standard InChI is InChI=1S/C9H10FNO4S/c10-16(13,14)15-9(12)8(11)6-7-4-2-1-3-5-7/h1-5,8H,6,11H2/t8-/m0/s1. The van der Waals surface area contributed by atoms with Crippen LogP contribution in [0.25, 0.3) is 0 Å². The first-order valence-corrected chi connectivity index (χ1v) is 5.67. The Kier molecular flexibility index (Phi) is 3.97. The second-order valence-corrected chi connectivity index (χ2v) is 4.04. The van der Waals surface area contributed by atoms with E-state index < -0.39 is 22.5 Å². The molecule has 1 aromatic rings. The first-order chi connectivity index (χ1) is 7.38. The summed E-state index contributed by atoms with van der Waals surface area (Å²) in [5.41, 5.74) is 6.08. The Labute approximate surface area is 92.4 Å². The number of hydrogen-bond donors (Lipinski definition) is 1. The Bertz CT molecular complexity index is 460. The van der Waals surface area contributed by atoms with E-state index in [4.69, 9.17) is 5.73 Å². The quantitative estimate of drug-likeness (QED) is 0.774. The molecule has 0 radical (unpaired) electrons. The van der Waals surface area contributed by atoms with Gasteiger partial charge in [0.05, 0.1) is 0 Å². The maximum atomic E-state index is 12.0. The third kappa shape index (κ3) is 4.37. The summed E-state index contributed by atoms with van der Waals surface area (Å²) in [4.78, 5) is 11.0. The van der Waals surface area contributed by atoms with E-state index in [0.29, 0.717) is 0 Å². The highest BCUT2D eigenvalue weighted by Crippen LogP contribution is 2.04. The van der Waals surface area contributed by atoms with Crippen LogP contribution < -0.4 is 5.73 Å². The van der Waals surface area contributed by atoms with Gasteiger partial charge >= 0.3 is 16.5 Å². The Morgan fingerprint density at radius 3 is 2.44 bits per heavy atom. The fourth-order valence-electron chi connectivity index (χ4n) is 1.11. The van der Waals surface area contributed by atoms with Gasteiger partial charge in [-0.25, -0.2) is 4.79 Å². The highest BCUT2D eigenvalue weighted by molar-refractivity contribution is 7.81. The lowest BCUT2D eigenvalue weighted by Crippen LogP contribution is -2.35. The molecule has 5 nitrogen and oxygen atoms in total. The van der Waals surface area contributed by atoms with Crippen LogP contribution in [0.4, 0.5) is 3.89 Å². The lowest BCUT2D eigenvalue weighted by atomic mass is 10.1. The summed E-state index contributed by atoms with van der Waals surface area (Å²) in [5, 5.41) is 0. The first kappa shape index (κ1) is 12.6. The molecular weight excluding hydrogens is 237 g/mol. The smallest absolute Gasteiger partial charge is 0.320 e. The molecule has 1 atom stereocenters. The van der Waals surface area contributed by atoms with Crippen LogP contribution in [0.15, 0.2) is 30.3 Å². The van der Waals surface area contributed by atoms with E-state index in [-0.39, 0.29) is 6.42 Å². The highest BCUT2D eigenvalue weighted by atomic mass is 32.3. The number of carbonyl (C=O) groups is 1. The van der Waals surface area contributed by atoms with Crippen molar-refractivity contribution in [3.05, 3.63) is 35.9 Å². The minimum atomic E-state index is -5.29. The van der Waals surface area contributed by atoms with Gasteiger partial charge in [0.2, 0.25) is 0 Å². The van der Waals surface area contributed by atoms with Crippen LogP contribution in [-0.4, -0.2) is 20.4 Å². The zero-order chi connectivity index (χ0) is 12.2. The second kappa shape index (κ2) is 5.04. The first-order valence-electron chi connectivity index (χ1n) is 4.36. The van der Waals surface area contributed by atoms with E-state index in [1.165, 1.54) is 0 Å². The van der Waals surface area contributed by atoms with Crippen molar-refractivity contribution in [3.8, 4) is 0 Å². The van der Waals surface area contributed by atoms with Gasteiger partial charge in [-0.3, -0.25) is 0 Å². The Morgan fingerprint density at radius 1 is 1.38 bits per heavy atom. The average molecular weight is 247 g/mol. The Hall–Kier alpha value is -1.47. The topological polar surface area (TPSA) is 86.5 Å². The molecule has 0 aromatic heterocycles. The Balaban J connectivity index is 2.60. The van der Waals surface area contributed by atoms with Crippen LogP contribution in [0.3, 0.4) is 0 Å². The normalized spacial score (nSPS) is 13.1. The van der Waals surface area contributed by atoms with E-state index in [1.54, 1.807) is 30.3 Å². The molecule has 0 heterocycles. The van der Waals surface area contributed by atoms with Crippen LogP contribution in [0.1, 0.15) is 5.56 Å². The molecule has 2 N–H and O–H groups in total. The maximum absolute atomic E-state index is 12.0. The fourth-order valence-corrected chi connectivity index (χ4v) is 1.43. The highest BCUT2D eigenvalue weighted by Gasteiger charge is 2.22. The second-order valence-electron chi connectivity index (χ2n) is 3.09. The molecule has 0 bridgehead atoms. The van der Waals surface area contributed by atoms with Crippen LogP contribution in [0.2, 0.25) is 0 Å². The molecule has 0 amide bonds. The van der Waals surface area contributed by atoms with Crippen molar-refractivity contribution in [2.24, 2.45) is 5.73 Å². The number of halogens is 1. The molecule has 0 fully saturated rings. The molecule has 1 aromatic carbocycles. The van der Waals surface area contributed by atoms with Gasteiger partial charge in [0, 0.05) is 0 Å². The molecule has 7 heteroatoms. The van der Waals surface area contributed by atoms with E-state index in [2.05, 4.69) is 4.18 Å². The van der Waals surface area contributed by atoms with E-state index in [1.807, 2.05) is 0 Å². The van der Waals surface area contributed by atoms with E-state index in [9.17, 15) is 17.1 Å². The third-order valence-electron chi connectivity index (χ3n) is 1.78. The molecular formula is C9H10FNO4S. The van der Waals surface area contributed by atoms with Crippen LogP contribution >= 0.6 is 0 Å². The predicted molar refractivity (Wildman–Crippen MR) is 54.2 cm³/mol. The van der Waals surface area contributed by atoms with Gasteiger partial charge in [-0.15, -0.1) is 0 Å².